The molecule has 0 saturated heterocycles. The third kappa shape index (κ3) is 6.38. The summed E-state index contributed by atoms with van der Waals surface area (Å²) in [6.07, 6.45) is 1.82. The van der Waals surface area contributed by atoms with E-state index in [9.17, 15) is 9.59 Å². The zero-order chi connectivity index (χ0) is 30.7. The Labute approximate surface area is 258 Å². The summed E-state index contributed by atoms with van der Waals surface area (Å²) in [4.78, 5) is 34.3. The number of carbonyl (C=O) groups is 1. The van der Waals surface area contributed by atoms with Gasteiger partial charge < -0.3 is 19.1 Å². The molecule has 8 nitrogen and oxygen atoms in total. The molecule has 0 N–H and O–H groups in total. The number of allylic oxidation sites excluding steroid dienone is 1. The van der Waals surface area contributed by atoms with Crippen molar-refractivity contribution in [2.75, 3.05) is 32.7 Å². The van der Waals surface area contributed by atoms with Gasteiger partial charge in [0, 0.05) is 30.4 Å². The fourth-order valence-corrected chi connectivity index (χ4v) is 6.16. The first-order valence-corrected chi connectivity index (χ1v) is 14.9. The Kier molecular flexibility index (Phi) is 9.03. The molecule has 222 valence electrons. The number of nitrogens with zero attached hydrogens (tertiary/aromatic N) is 3. The molecule has 1 aromatic heterocycles. The number of hydrogen-bond donors (Lipinski definition) is 0. The molecule has 0 aliphatic carbocycles. The zero-order valence-corrected chi connectivity index (χ0v) is 26.2. The molecule has 5 rings (SSSR count). The van der Waals surface area contributed by atoms with E-state index in [2.05, 4.69) is 4.99 Å². The summed E-state index contributed by atoms with van der Waals surface area (Å²) in [5.41, 5.74) is 4.03. The summed E-state index contributed by atoms with van der Waals surface area (Å²) >= 11 is 7.38. The van der Waals surface area contributed by atoms with Crippen molar-refractivity contribution in [3.63, 3.8) is 0 Å². The fourth-order valence-electron chi connectivity index (χ4n) is 4.93. The van der Waals surface area contributed by atoms with Crippen LogP contribution >= 0.6 is 22.9 Å². The largest absolute Gasteiger partial charge is 0.496 e. The molecule has 0 amide bonds. The SMILES string of the molecule is CCOC(=O)C1=C(C)N=c2sc(=Cc3ccc(OC)c(COc4cccc(Cl)c4)c3)c(=O)n2[C@@H]1c1ccc(N(C)C)cc1. The monoisotopic (exact) mass is 617 g/mol. The molecule has 3 aromatic carbocycles. The van der Waals surface area contributed by atoms with Gasteiger partial charge in [-0.2, -0.15) is 0 Å². The van der Waals surface area contributed by atoms with Crippen LogP contribution in [0.25, 0.3) is 6.08 Å². The number of ether oxygens (including phenoxy) is 3. The maximum Gasteiger partial charge on any atom is 0.338 e. The lowest BCUT2D eigenvalue weighted by atomic mass is 9.95. The average molecular weight is 618 g/mol. The first kappa shape index (κ1) is 30.1. The van der Waals surface area contributed by atoms with Gasteiger partial charge in [-0.15, -0.1) is 0 Å². The molecule has 43 heavy (non-hydrogen) atoms. The summed E-state index contributed by atoms with van der Waals surface area (Å²) in [6.45, 7) is 4.00. The van der Waals surface area contributed by atoms with Gasteiger partial charge in [-0.05, 0) is 73.5 Å². The molecular weight excluding hydrogens is 586 g/mol. The second kappa shape index (κ2) is 12.9. The predicted octanol–water partition coefficient (Wildman–Crippen LogP) is 5.11. The fraction of sp³-hybridized carbons (Fsp3) is 0.242. The van der Waals surface area contributed by atoms with Crippen LogP contribution in [0.15, 0.2) is 87.8 Å². The Morgan fingerprint density at radius 2 is 1.88 bits per heavy atom. The second-order valence-electron chi connectivity index (χ2n) is 10.1. The Morgan fingerprint density at radius 1 is 1.12 bits per heavy atom. The van der Waals surface area contributed by atoms with Crippen molar-refractivity contribution >= 4 is 40.7 Å². The van der Waals surface area contributed by atoms with Gasteiger partial charge in [0.1, 0.15) is 18.1 Å². The van der Waals surface area contributed by atoms with E-state index in [1.54, 1.807) is 37.7 Å². The smallest absolute Gasteiger partial charge is 0.338 e. The molecular formula is C33H32ClN3O5S. The zero-order valence-electron chi connectivity index (χ0n) is 24.6. The highest BCUT2D eigenvalue weighted by Crippen LogP contribution is 2.32. The molecule has 2 heterocycles. The normalized spacial score (nSPS) is 14.7. The van der Waals surface area contributed by atoms with E-state index in [-0.39, 0.29) is 18.8 Å². The lowest BCUT2D eigenvalue weighted by Gasteiger charge is -2.25. The van der Waals surface area contributed by atoms with Gasteiger partial charge in [-0.25, -0.2) is 9.79 Å². The van der Waals surface area contributed by atoms with Gasteiger partial charge in [0.25, 0.3) is 5.56 Å². The Hall–Kier alpha value is -4.34. The topological polar surface area (TPSA) is 82.4 Å². The van der Waals surface area contributed by atoms with Gasteiger partial charge in [-0.1, -0.05) is 47.2 Å². The van der Waals surface area contributed by atoms with E-state index in [4.69, 9.17) is 25.8 Å². The highest BCUT2D eigenvalue weighted by Gasteiger charge is 2.33. The average Bonchev–Trinajstić information content (AvgIpc) is 3.29. The van der Waals surface area contributed by atoms with Crippen LogP contribution in [0.2, 0.25) is 5.02 Å². The maximum atomic E-state index is 14.0. The summed E-state index contributed by atoms with van der Waals surface area (Å²) in [5, 5.41) is 0.585. The third-order valence-electron chi connectivity index (χ3n) is 7.03. The lowest BCUT2D eigenvalue weighted by Crippen LogP contribution is -2.39. The van der Waals surface area contributed by atoms with Crippen molar-refractivity contribution in [2.45, 2.75) is 26.5 Å². The molecule has 4 aromatic rings. The number of aromatic nitrogens is 1. The van der Waals surface area contributed by atoms with Gasteiger partial charge >= 0.3 is 5.97 Å². The van der Waals surface area contributed by atoms with Gasteiger partial charge in [0.05, 0.1) is 35.6 Å². The summed E-state index contributed by atoms with van der Waals surface area (Å²) < 4.78 is 19.0. The molecule has 1 atom stereocenters. The van der Waals surface area contributed by atoms with Crippen LogP contribution in [0.5, 0.6) is 11.5 Å². The first-order valence-electron chi connectivity index (χ1n) is 13.7. The predicted molar refractivity (Wildman–Crippen MR) is 170 cm³/mol. The molecule has 0 fully saturated rings. The van der Waals surface area contributed by atoms with Crippen molar-refractivity contribution in [1.29, 1.82) is 0 Å². The number of halogens is 1. The molecule has 0 unspecified atom stereocenters. The summed E-state index contributed by atoms with van der Waals surface area (Å²) in [5.74, 6) is 0.815. The van der Waals surface area contributed by atoms with Crippen LogP contribution in [0, 0.1) is 0 Å². The van der Waals surface area contributed by atoms with Crippen LogP contribution in [-0.4, -0.2) is 38.3 Å². The van der Waals surface area contributed by atoms with E-state index < -0.39 is 12.0 Å². The number of rotatable bonds is 9. The number of esters is 1. The third-order valence-corrected chi connectivity index (χ3v) is 8.25. The van der Waals surface area contributed by atoms with Crippen molar-refractivity contribution in [3.05, 3.63) is 119 Å². The minimum absolute atomic E-state index is 0.215. The Morgan fingerprint density at radius 3 is 2.56 bits per heavy atom. The van der Waals surface area contributed by atoms with E-state index >= 15 is 0 Å². The number of fused-ring (bicyclic) bond motifs is 1. The van der Waals surface area contributed by atoms with E-state index in [0.717, 1.165) is 22.4 Å². The Bertz CT molecular complexity index is 1880. The number of benzene rings is 3. The highest BCUT2D eigenvalue weighted by molar-refractivity contribution is 7.07. The van der Waals surface area contributed by atoms with Crippen molar-refractivity contribution < 1.29 is 19.0 Å². The van der Waals surface area contributed by atoms with Crippen molar-refractivity contribution in [1.82, 2.24) is 4.57 Å². The van der Waals surface area contributed by atoms with Crippen LogP contribution in [0.4, 0.5) is 5.69 Å². The van der Waals surface area contributed by atoms with Gasteiger partial charge in [0.15, 0.2) is 4.80 Å². The van der Waals surface area contributed by atoms with Crippen LogP contribution < -0.4 is 29.3 Å². The number of methoxy groups -OCH3 is 1. The molecule has 0 radical (unpaired) electrons. The van der Waals surface area contributed by atoms with Crippen molar-refractivity contribution in [3.8, 4) is 11.5 Å². The van der Waals surface area contributed by atoms with E-state index in [0.29, 0.717) is 37.1 Å². The van der Waals surface area contributed by atoms with Crippen LogP contribution in [0.3, 0.4) is 0 Å². The summed E-state index contributed by atoms with van der Waals surface area (Å²) in [6, 6.07) is 20.0. The quantitative estimate of drug-likeness (QED) is 0.243. The van der Waals surface area contributed by atoms with Gasteiger partial charge in [0.2, 0.25) is 0 Å². The lowest BCUT2D eigenvalue weighted by molar-refractivity contribution is -0.139. The number of carbonyl (C=O) groups excluding carboxylic acids is 1. The molecule has 0 bridgehead atoms. The van der Waals surface area contributed by atoms with Gasteiger partial charge in [-0.3, -0.25) is 9.36 Å². The highest BCUT2D eigenvalue weighted by atomic mass is 35.5. The number of hydrogen-bond acceptors (Lipinski definition) is 8. The number of thiazole rings is 1. The van der Waals surface area contributed by atoms with Crippen molar-refractivity contribution in [2.24, 2.45) is 4.99 Å². The molecule has 0 saturated carbocycles. The standard InChI is InChI=1S/C33H32ClN3O5S/c1-6-41-32(39)29-20(2)35-33-37(30(29)22-11-13-25(14-12-22)36(3)4)31(38)28(43-33)17-21-10-15-27(40-5)23(16-21)19-42-26-9-7-8-24(34)18-26/h7-18,30H,6,19H2,1-5H3/t30-/m1/s1. The van der Waals surface area contributed by atoms with Crippen LogP contribution in [0.1, 0.15) is 36.6 Å². The Balaban J connectivity index is 1.58. The molecule has 10 heteroatoms. The van der Waals surface area contributed by atoms with E-state index in [1.807, 2.05) is 79.7 Å². The van der Waals surface area contributed by atoms with E-state index in [1.165, 1.54) is 11.3 Å². The first-order chi connectivity index (χ1) is 20.7. The minimum atomic E-state index is -0.675. The second-order valence-corrected chi connectivity index (χ2v) is 11.6. The number of anilines is 1. The minimum Gasteiger partial charge on any atom is -0.496 e. The molecule has 1 aliphatic heterocycles. The summed E-state index contributed by atoms with van der Waals surface area (Å²) in [7, 11) is 5.52. The maximum absolute atomic E-state index is 14.0. The van der Waals surface area contributed by atoms with Crippen LogP contribution in [-0.2, 0) is 16.1 Å². The molecule has 1 aliphatic rings. The molecule has 0 spiro atoms.